The molecule has 3 nitrogen and oxygen atoms in total. The Morgan fingerprint density at radius 3 is 2.64 bits per heavy atom. The van der Waals surface area contributed by atoms with Crippen molar-refractivity contribution in [2.75, 3.05) is 12.3 Å². The maximum atomic E-state index is 11.4. The van der Waals surface area contributed by atoms with Crippen LogP contribution in [0, 0.1) is 11.8 Å². The van der Waals surface area contributed by atoms with Gasteiger partial charge in [-0.3, -0.25) is 4.79 Å². The smallest absolute Gasteiger partial charge is 0.252 e. The number of benzene rings is 1. The molecule has 1 aromatic rings. The van der Waals surface area contributed by atoms with E-state index >= 15 is 0 Å². The summed E-state index contributed by atoms with van der Waals surface area (Å²) in [6.45, 7) is 2.11. The molecule has 14 heavy (non-hydrogen) atoms. The molecule has 0 fully saturated rings. The molecule has 0 atom stereocenters. The SMILES string of the molecule is CC#CCNC(=O)c1ccc(N)cc1. The van der Waals surface area contributed by atoms with E-state index in [4.69, 9.17) is 5.73 Å². The highest BCUT2D eigenvalue weighted by Gasteiger charge is 2.02. The first-order chi connectivity index (χ1) is 6.74. The van der Waals surface area contributed by atoms with Gasteiger partial charge < -0.3 is 11.1 Å². The van der Waals surface area contributed by atoms with Crippen LogP contribution in [0.4, 0.5) is 5.69 Å². The van der Waals surface area contributed by atoms with E-state index in [9.17, 15) is 4.79 Å². The van der Waals surface area contributed by atoms with Crippen LogP contribution in [0.2, 0.25) is 0 Å². The monoisotopic (exact) mass is 188 g/mol. The first-order valence-corrected chi connectivity index (χ1v) is 4.27. The van der Waals surface area contributed by atoms with E-state index in [-0.39, 0.29) is 5.91 Å². The molecule has 0 aliphatic rings. The average Bonchev–Trinajstić information content (AvgIpc) is 2.19. The van der Waals surface area contributed by atoms with Gasteiger partial charge in [-0.15, -0.1) is 5.92 Å². The second-order valence-corrected chi connectivity index (χ2v) is 2.73. The molecule has 0 unspecified atom stereocenters. The van der Waals surface area contributed by atoms with Crippen molar-refractivity contribution in [1.29, 1.82) is 0 Å². The van der Waals surface area contributed by atoms with Crippen LogP contribution in [0.15, 0.2) is 24.3 Å². The predicted molar refractivity (Wildman–Crippen MR) is 56.6 cm³/mol. The number of carbonyl (C=O) groups is 1. The molecule has 72 valence electrons. The first kappa shape index (κ1) is 10.1. The fourth-order valence-electron chi connectivity index (χ4n) is 0.949. The summed E-state index contributed by atoms with van der Waals surface area (Å²) in [5.74, 6) is 5.32. The van der Waals surface area contributed by atoms with Crippen molar-refractivity contribution in [3.8, 4) is 11.8 Å². The van der Waals surface area contributed by atoms with E-state index in [1.165, 1.54) is 0 Å². The summed E-state index contributed by atoms with van der Waals surface area (Å²) in [6, 6.07) is 6.76. The van der Waals surface area contributed by atoms with Gasteiger partial charge >= 0.3 is 0 Å². The minimum Gasteiger partial charge on any atom is -0.399 e. The topological polar surface area (TPSA) is 55.1 Å². The first-order valence-electron chi connectivity index (χ1n) is 4.27. The van der Waals surface area contributed by atoms with Crippen LogP contribution in [-0.4, -0.2) is 12.5 Å². The summed E-state index contributed by atoms with van der Waals surface area (Å²) in [6.07, 6.45) is 0. The van der Waals surface area contributed by atoms with Gasteiger partial charge in [-0.2, -0.15) is 0 Å². The third-order valence-corrected chi connectivity index (χ3v) is 1.69. The maximum Gasteiger partial charge on any atom is 0.252 e. The number of anilines is 1. The van der Waals surface area contributed by atoms with E-state index in [2.05, 4.69) is 17.2 Å². The van der Waals surface area contributed by atoms with Crippen molar-refractivity contribution < 1.29 is 4.79 Å². The zero-order chi connectivity index (χ0) is 10.4. The molecule has 0 aromatic heterocycles. The summed E-state index contributed by atoms with van der Waals surface area (Å²) in [4.78, 5) is 11.4. The van der Waals surface area contributed by atoms with E-state index in [1.54, 1.807) is 31.2 Å². The Morgan fingerprint density at radius 1 is 1.43 bits per heavy atom. The molecule has 1 aromatic carbocycles. The molecule has 0 aliphatic carbocycles. The maximum absolute atomic E-state index is 11.4. The summed E-state index contributed by atoms with van der Waals surface area (Å²) in [5, 5.41) is 2.67. The molecule has 0 saturated carbocycles. The Balaban J connectivity index is 2.59. The Morgan fingerprint density at radius 2 is 2.07 bits per heavy atom. The van der Waals surface area contributed by atoms with Crippen molar-refractivity contribution in [1.82, 2.24) is 5.32 Å². The highest BCUT2D eigenvalue weighted by atomic mass is 16.1. The molecule has 0 spiro atoms. The summed E-state index contributed by atoms with van der Waals surface area (Å²) >= 11 is 0. The Bertz CT molecular complexity index is 371. The molecule has 1 rings (SSSR count). The Kier molecular flexibility index (Phi) is 3.57. The minimum atomic E-state index is -0.132. The molecule has 1 amide bonds. The lowest BCUT2D eigenvalue weighted by Crippen LogP contribution is -2.23. The van der Waals surface area contributed by atoms with Gasteiger partial charge in [0, 0.05) is 11.3 Å². The van der Waals surface area contributed by atoms with E-state index < -0.39 is 0 Å². The van der Waals surface area contributed by atoms with E-state index in [1.807, 2.05) is 0 Å². The second kappa shape index (κ2) is 4.93. The van der Waals surface area contributed by atoms with Crippen LogP contribution in [0.1, 0.15) is 17.3 Å². The fraction of sp³-hybridized carbons (Fsp3) is 0.182. The van der Waals surface area contributed by atoms with Gasteiger partial charge in [0.1, 0.15) is 0 Å². The van der Waals surface area contributed by atoms with Crippen molar-refractivity contribution in [2.45, 2.75) is 6.92 Å². The van der Waals surface area contributed by atoms with Crippen LogP contribution in [0.5, 0.6) is 0 Å². The van der Waals surface area contributed by atoms with Gasteiger partial charge in [0.25, 0.3) is 5.91 Å². The lowest BCUT2D eigenvalue weighted by molar-refractivity contribution is 0.0959. The summed E-state index contributed by atoms with van der Waals surface area (Å²) in [7, 11) is 0. The van der Waals surface area contributed by atoms with Gasteiger partial charge in [0.2, 0.25) is 0 Å². The van der Waals surface area contributed by atoms with Crippen LogP contribution >= 0.6 is 0 Å². The third kappa shape index (κ3) is 2.83. The lowest BCUT2D eigenvalue weighted by atomic mass is 10.2. The highest BCUT2D eigenvalue weighted by molar-refractivity contribution is 5.94. The van der Waals surface area contributed by atoms with Crippen LogP contribution < -0.4 is 11.1 Å². The molecular formula is C11H12N2O. The van der Waals surface area contributed by atoms with Crippen molar-refractivity contribution in [3.63, 3.8) is 0 Å². The zero-order valence-electron chi connectivity index (χ0n) is 8.00. The van der Waals surface area contributed by atoms with E-state index in [0.717, 1.165) is 0 Å². The second-order valence-electron chi connectivity index (χ2n) is 2.73. The average molecular weight is 188 g/mol. The molecule has 0 aliphatic heterocycles. The van der Waals surface area contributed by atoms with Crippen molar-refractivity contribution in [3.05, 3.63) is 29.8 Å². The normalized spacial score (nSPS) is 8.64. The summed E-state index contributed by atoms with van der Waals surface area (Å²) in [5.41, 5.74) is 6.74. The standard InChI is InChI=1S/C11H12N2O/c1-2-3-8-13-11(14)9-4-6-10(12)7-5-9/h4-7H,8,12H2,1H3,(H,13,14). The zero-order valence-corrected chi connectivity index (χ0v) is 8.00. The third-order valence-electron chi connectivity index (χ3n) is 1.69. The van der Waals surface area contributed by atoms with Gasteiger partial charge in [0.05, 0.1) is 6.54 Å². The van der Waals surface area contributed by atoms with Gasteiger partial charge in [-0.1, -0.05) is 5.92 Å². The van der Waals surface area contributed by atoms with Crippen LogP contribution in [0.25, 0.3) is 0 Å². The largest absolute Gasteiger partial charge is 0.399 e. The molecule has 3 heteroatoms. The molecule has 3 N–H and O–H groups in total. The number of nitrogens with one attached hydrogen (secondary N) is 1. The van der Waals surface area contributed by atoms with Crippen molar-refractivity contribution in [2.24, 2.45) is 0 Å². The lowest BCUT2D eigenvalue weighted by Gasteiger charge is -2.01. The van der Waals surface area contributed by atoms with Gasteiger partial charge in [0.15, 0.2) is 0 Å². The Labute approximate surface area is 83.3 Å². The van der Waals surface area contributed by atoms with Crippen LogP contribution in [0.3, 0.4) is 0 Å². The van der Waals surface area contributed by atoms with Crippen LogP contribution in [-0.2, 0) is 0 Å². The molecule has 0 saturated heterocycles. The molecule has 0 bridgehead atoms. The Hall–Kier alpha value is -1.95. The number of hydrogen-bond acceptors (Lipinski definition) is 2. The fourth-order valence-corrected chi connectivity index (χ4v) is 0.949. The molecular weight excluding hydrogens is 176 g/mol. The number of amides is 1. The quantitative estimate of drug-likeness (QED) is 0.538. The number of nitrogen functional groups attached to an aromatic ring is 1. The van der Waals surface area contributed by atoms with E-state index in [0.29, 0.717) is 17.8 Å². The van der Waals surface area contributed by atoms with Gasteiger partial charge in [-0.25, -0.2) is 0 Å². The number of carbonyl (C=O) groups excluding carboxylic acids is 1. The van der Waals surface area contributed by atoms with Gasteiger partial charge in [-0.05, 0) is 31.2 Å². The number of nitrogens with two attached hydrogens (primary N) is 1. The summed E-state index contributed by atoms with van der Waals surface area (Å²) < 4.78 is 0. The predicted octanol–water partition coefficient (Wildman–Crippen LogP) is 1.02. The highest BCUT2D eigenvalue weighted by Crippen LogP contribution is 2.04. The number of rotatable bonds is 2. The molecule has 0 heterocycles. The number of hydrogen-bond donors (Lipinski definition) is 2. The van der Waals surface area contributed by atoms with Crippen molar-refractivity contribution >= 4 is 11.6 Å². The molecule has 0 radical (unpaired) electrons. The minimum absolute atomic E-state index is 0.132.